The minimum atomic E-state index is -2.45. The zero-order chi connectivity index (χ0) is 49.7. The molecular formula is C64H82O6. The molecule has 0 aromatic heterocycles. The van der Waals surface area contributed by atoms with E-state index < -0.39 is 46.4 Å². The topological polar surface area (TPSA) is 121 Å². The number of rotatable bonds is 31. The van der Waals surface area contributed by atoms with Crippen molar-refractivity contribution in [3.8, 4) is 0 Å². The molecule has 0 aliphatic carbocycles. The van der Waals surface area contributed by atoms with E-state index in [1.807, 2.05) is 182 Å². The maximum absolute atomic E-state index is 13.9. The Morgan fingerprint density at radius 1 is 0.286 bits per heavy atom. The van der Waals surface area contributed by atoms with Crippen molar-refractivity contribution in [1.29, 1.82) is 0 Å². The molecule has 0 heterocycles. The molecule has 6 nitrogen and oxygen atoms in total. The van der Waals surface area contributed by atoms with Crippen molar-refractivity contribution in [2.45, 2.75) is 176 Å². The SMILES string of the molecule is CCCCCCCCCC[C@@](O)(C(O)C(c1ccccc1)(c1ccccc1)c1ccccc1)[C@@H](O)[C@H](O)[C@@](O)(CCCCCCCCCC)C(O)C(c1ccccc1)(c1ccccc1)c1ccccc1. The van der Waals surface area contributed by atoms with Gasteiger partial charge in [-0.2, -0.15) is 0 Å². The normalized spacial score (nSPS) is 15.6. The van der Waals surface area contributed by atoms with E-state index in [1.165, 1.54) is 12.8 Å². The van der Waals surface area contributed by atoms with E-state index in [2.05, 4.69) is 13.8 Å². The Bertz CT molecular complexity index is 1950. The number of aliphatic hydroxyl groups excluding tert-OH is 4. The van der Waals surface area contributed by atoms with Gasteiger partial charge < -0.3 is 30.6 Å². The lowest BCUT2D eigenvalue weighted by atomic mass is 9.57. The summed E-state index contributed by atoms with van der Waals surface area (Å²) in [5, 5.41) is 81.9. The molecule has 6 atom stereocenters. The molecule has 0 fully saturated rings. The summed E-state index contributed by atoms with van der Waals surface area (Å²) in [7, 11) is 0. The molecule has 0 amide bonds. The lowest BCUT2D eigenvalue weighted by molar-refractivity contribution is -0.246. The van der Waals surface area contributed by atoms with E-state index in [-0.39, 0.29) is 12.8 Å². The van der Waals surface area contributed by atoms with Crippen molar-refractivity contribution in [1.82, 2.24) is 0 Å². The second-order valence-electron chi connectivity index (χ2n) is 19.9. The highest BCUT2D eigenvalue weighted by atomic mass is 16.4. The Balaban J connectivity index is 1.54. The third kappa shape index (κ3) is 12.2. The Hall–Kier alpha value is -4.92. The van der Waals surface area contributed by atoms with Gasteiger partial charge in [0.25, 0.3) is 0 Å². The molecule has 6 aromatic carbocycles. The van der Waals surface area contributed by atoms with Gasteiger partial charge in [-0.15, -0.1) is 0 Å². The van der Waals surface area contributed by atoms with Gasteiger partial charge in [0, 0.05) is 0 Å². The zero-order valence-corrected chi connectivity index (χ0v) is 42.0. The molecule has 6 N–H and O–H groups in total. The lowest BCUT2D eigenvalue weighted by Gasteiger charge is -2.53. The molecule has 0 saturated heterocycles. The van der Waals surface area contributed by atoms with Crippen LogP contribution in [0.5, 0.6) is 0 Å². The van der Waals surface area contributed by atoms with Crippen LogP contribution in [-0.2, 0) is 10.8 Å². The first kappa shape index (κ1) is 54.4. The third-order valence-electron chi connectivity index (χ3n) is 15.3. The van der Waals surface area contributed by atoms with Gasteiger partial charge in [0.2, 0.25) is 0 Å². The fourth-order valence-corrected chi connectivity index (χ4v) is 11.4. The van der Waals surface area contributed by atoms with Gasteiger partial charge in [0.1, 0.15) is 35.6 Å². The van der Waals surface area contributed by atoms with E-state index in [4.69, 9.17) is 0 Å². The molecule has 0 radical (unpaired) electrons. The summed E-state index contributed by atoms with van der Waals surface area (Å²) in [6, 6.07) is 57.5. The van der Waals surface area contributed by atoms with Crippen molar-refractivity contribution < 1.29 is 30.6 Å². The van der Waals surface area contributed by atoms with Gasteiger partial charge in [-0.3, -0.25) is 0 Å². The van der Waals surface area contributed by atoms with Crippen LogP contribution < -0.4 is 0 Å². The monoisotopic (exact) mass is 947 g/mol. The van der Waals surface area contributed by atoms with Crippen LogP contribution in [0.3, 0.4) is 0 Å². The van der Waals surface area contributed by atoms with Gasteiger partial charge in [0.15, 0.2) is 0 Å². The van der Waals surface area contributed by atoms with Gasteiger partial charge in [0.05, 0.1) is 10.8 Å². The van der Waals surface area contributed by atoms with Crippen LogP contribution >= 0.6 is 0 Å². The van der Waals surface area contributed by atoms with Gasteiger partial charge in [-0.1, -0.05) is 299 Å². The third-order valence-corrected chi connectivity index (χ3v) is 15.3. The average molecular weight is 947 g/mol. The fraction of sp³-hybridized carbons (Fsp3) is 0.438. The first-order valence-corrected chi connectivity index (χ1v) is 26.6. The fourth-order valence-electron chi connectivity index (χ4n) is 11.4. The minimum absolute atomic E-state index is 0.0965. The van der Waals surface area contributed by atoms with Gasteiger partial charge in [-0.05, 0) is 46.2 Å². The maximum Gasteiger partial charge on any atom is 0.120 e. The minimum Gasteiger partial charge on any atom is -0.388 e. The second-order valence-corrected chi connectivity index (χ2v) is 19.9. The molecule has 0 aliphatic rings. The maximum atomic E-state index is 13.9. The van der Waals surface area contributed by atoms with Crippen LogP contribution in [-0.4, -0.2) is 66.3 Å². The van der Waals surface area contributed by atoms with E-state index in [0.717, 1.165) is 77.0 Å². The van der Waals surface area contributed by atoms with Crippen LogP contribution in [0.1, 0.15) is 163 Å². The van der Waals surface area contributed by atoms with Crippen LogP contribution in [0.4, 0.5) is 0 Å². The van der Waals surface area contributed by atoms with Crippen molar-refractivity contribution >= 4 is 0 Å². The molecule has 6 heteroatoms. The first-order chi connectivity index (χ1) is 34.1. The predicted molar refractivity (Wildman–Crippen MR) is 287 cm³/mol. The summed E-state index contributed by atoms with van der Waals surface area (Å²) in [6.07, 6.45) is 7.32. The highest BCUT2D eigenvalue weighted by Gasteiger charge is 2.62. The summed E-state index contributed by atoms with van der Waals surface area (Å²) in [4.78, 5) is 0. The number of unbranched alkanes of at least 4 members (excludes halogenated alkanes) is 14. The molecule has 2 unspecified atom stereocenters. The average Bonchev–Trinajstić information content (AvgIpc) is 3.41. The van der Waals surface area contributed by atoms with Crippen LogP contribution in [0.25, 0.3) is 0 Å². The summed E-state index contributed by atoms with van der Waals surface area (Å²) in [6.45, 7) is 4.40. The zero-order valence-electron chi connectivity index (χ0n) is 42.0. The summed E-state index contributed by atoms with van der Waals surface area (Å²) < 4.78 is 0. The van der Waals surface area contributed by atoms with Crippen molar-refractivity contribution in [3.05, 3.63) is 215 Å². The van der Waals surface area contributed by atoms with Crippen molar-refractivity contribution in [2.75, 3.05) is 0 Å². The highest BCUT2D eigenvalue weighted by Crippen LogP contribution is 2.51. The first-order valence-electron chi connectivity index (χ1n) is 26.6. The number of benzene rings is 6. The van der Waals surface area contributed by atoms with Crippen LogP contribution in [0.15, 0.2) is 182 Å². The Morgan fingerprint density at radius 2 is 0.471 bits per heavy atom. The lowest BCUT2D eigenvalue weighted by Crippen LogP contribution is -2.70. The molecular weight excluding hydrogens is 865 g/mol. The number of aliphatic hydroxyl groups is 6. The highest BCUT2D eigenvalue weighted by molar-refractivity contribution is 5.55. The number of hydrogen-bond acceptors (Lipinski definition) is 6. The van der Waals surface area contributed by atoms with E-state index >= 15 is 0 Å². The Morgan fingerprint density at radius 3 is 0.671 bits per heavy atom. The molecule has 374 valence electrons. The molecule has 0 spiro atoms. The number of hydrogen-bond donors (Lipinski definition) is 6. The Labute approximate surface area is 420 Å². The van der Waals surface area contributed by atoms with Gasteiger partial charge >= 0.3 is 0 Å². The molecule has 6 aromatic rings. The van der Waals surface area contributed by atoms with Crippen molar-refractivity contribution in [2.24, 2.45) is 0 Å². The quantitative estimate of drug-likeness (QED) is 0.0191. The summed E-state index contributed by atoms with van der Waals surface area (Å²) in [5.41, 5.74) is -3.77. The predicted octanol–water partition coefficient (Wildman–Crippen LogP) is 13.0. The molecule has 70 heavy (non-hydrogen) atoms. The second kappa shape index (κ2) is 27.1. The Kier molecular flexibility index (Phi) is 21.0. The van der Waals surface area contributed by atoms with Gasteiger partial charge in [-0.25, -0.2) is 0 Å². The van der Waals surface area contributed by atoms with E-state index in [1.54, 1.807) is 0 Å². The van der Waals surface area contributed by atoms with Crippen molar-refractivity contribution in [3.63, 3.8) is 0 Å². The van der Waals surface area contributed by atoms with E-state index in [0.29, 0.717) is 46.2 Å². The summed E-state index contributed by atoms with van der Waals surface area (Å²) in [5.74, 6) is 0. The molecule has 0 saturated carbocycles. The summed E-state index contributed by atoms with van der Waals surface area (Å²) >= 11 is 0. The van der Waals surface area contributed by atoms with Crippen LogP contribution in [0.2, 0.25) is 0 Å². The molecule has 6 rings (SSSR count). The smallest absolute Gasteiger partial charge is 0.120 e. The van der Waals surface area contributed by atoms with E-state index in [9.17, 15) is 30.6 Å². The standard InChI is InChI=1S/C64H82O6/c1-3-5-7-9-11-13-15-35-49-61(69,59(67)63(51-37-23-17-24-38-51,52-39-25-18-26-40-52)53-41-27-19-28-42-53)57(65)58(66)62(70,50-36-16-14-12-10-8-6-4-2)60(68)64(54-43-29-20-30-44-54,55-45-31-21-32-46-55)56-47-33-22-34-48-56/h17-34,37-48,57-60,65-70H,3-16,35-36,49-50H2,1-2H3/t57-,58-,59?,60?,61-,62-/m0/s1. The molecule has 0 aliphatic heterocycles. The largest absolute Gasteiger partial charge is 0.388 e. The van der Waals surface area contributed by atoms with Crippen LogP contribution in [0, 0.1) is 0 Å². The molecule has 0 bridgehead atoms.